The second-order valence-corrected chi connectivity index (χ2v) is 2.08. The van der Waals surface area contributed by atoms with E-state index in [-0.39, 0.29) is 17.6 Å². The van der Waals surface area contributed by atoms with Gasteiger partial charge in [0.15, 0.2) is 0 Å². The lowest BCUT2D eigenvalue weighted by molar-refractivity contribution is -0.494. The van der Waals surface area contributed by atoms with E-state index < -0.39 is 0 Å². The fourth-order valence-electron chi connectivity index (χ4n) is 0.808. The molecule has 1 aliphatic heterocycles. The zero-order valence-electron chi connectivity index (χ0n) is 5.49. The van der Waals surface area contributed by atoms with Gasteiger partial charge in [0.05, 0.1) is 19.8 Å². The summed E-state index contributed by atoms with van der Waals surface area (Å²) in [5.74, 6) is 0. The minimum absolute atomic E-state index is 0.153. The maximum atomic E-state index is 9.94. The quantitative estimate of drug-likeness (QED) is 0.396. The Balaban J connectivity index is 2.19. The van der Waals surface area contributed by atoms with Crippen molar-refractivity contribution < 1.29 is 14.4 Å². The largest absolute Gasteiger partial charge is 0.376 e. The molecule has 0 N–H and O–H groups in total. The summed E-state index contributed by atoms with van der Waals surface area (Å²) in [6.07, 6.45) is -0.344. The molecule has 1 rings (SSSR count). The lowest BCUT2D eigenvalue weighted by atomic mass is 10.3. The molecule has 10 heavy (non-hydrogen) atoms. The molecule has 0 aromatic heterocycles. The van der Waals surface area contributed by atoms with Gasteiger partial charge in [-0.05, 0) is 0 Å². The molecule has 0 aromatic carbocycles. The van der Waals surface area contributed by atoms with Crippen molar-refractivity contribution in [2.24, 2.45) is 0 Å². The van der Waals surface area contributed by atoms with E-state index in [0.29, 0.717) is 19.8 Å². The summed E-state index contributed by atoms with van der Waals surface area (Å²) in [5, 5.41) is 9.94. The molecule has 0 amide bonds. The summed E-state index contributed by atoms with van der Waals surface area (Å²) in [4.78, 5) is 9.55. The van der Waals surface area contributed by atoms with Gasteiger partial charge in [0.1, 0.15) is 6.10 Å². The summed E-state index contributed by atoms with van der Waals surface area (Å²) in [5.41, 5.74) is 0. The summed E-state index contributed by atoms with van der Waals surface area (Å²) < 4.78 is 9.98. The highest BCUT2D eigenvalue weighted by Gasteiger charge is 2.19. The van der Waals surface area contributed by atoms with Gasteiger partial charge in [-0.25, -0.2) is 0 Å². The van der Waals surface area contributed by atoms with Crippen LogP contribution in [0.2, 0.25) is 0 Å². The van der Waals surface area contributed by atoms with Gasteiger partial charge in [-0.2, -0.15) is 0 Å². The van der Waals surface area contributed by atoms with E-state index in [2.05, 4.69) is 0 Å². The van der Waals surface area contributed by atoms with Crippen molar-refractivity contribution in [2.45, 2.75) is 6.10 Å². The molecule has 0 saturated carbocycles. The Labute approximate surface area is 58.1 Å². The molecule has 5 nitrogen and oxygen atoms in total. The van der Waals surface area contributed by atoms with Gasteiger partial charge in [0.2, 0.25) is 6.54 Å². The maximum Gasteiger partial charge on any atom is 0.231 e. The van der Waals surface area contributed by atoms with E-state index in [1.165, 1.54) is 0 Å². The fourth-order valence-corrected chi connectivity index (χ4v) is 0.808. The van der Waals surface area contributed by atoms with Crippen LogP contribution in [-0.2, 0) is 9.47 Å². The van der Waals surface area contributed by atoms with Crippen molar-refractivity contribution in [3.63, 3.8) is 0 Å². The maximum absolute atomic E-state index is 9.94. The number of hydrogen-bond acceptors (Lipinski definition) is 4. The second kappa shape index (κ2) is 3.48. The van der Waals surface area contributed by atoms with E-state index in [1.807, 2.05) is 0 Å². The van der Waals surface area contributed by atoms with Gasteiger partial charge in [0, 0.05) is 4.92 Å². The molecule has 1 fully saturated rings. The zero-order valence-corrected chi connectivity index (χ0v) is 5.49. The fraction of sp³-hybridized carbons (Fsp3) is 1.00. The molecule has 1 atom stereocenters. The third kappa shape index (κ3) is 2.28. The number of rotatable bonds is 2. The van der Waals surface area contributed by atoms with Gasteiger partial charge in [0.25, 0.3) is 0 Å². The van der Waals surface area contributed by atoms with Crippen LogP contribution in [0.1, 0.15) is 0 Å². The smallest absolute Gasteiger partial charge is 0.231 e. The summed E-state index contributed by atoms with van der Waals surface area (Å²) in [6, 6.07) is 0. The Morgan fingerprint density at radius 3 is 2.90 bits per heavy atom. The molecule has 0 spiro atoms. The second-order valence-electron chi connectivity index (χ2n) is 2.08. The van der Waals surface area contributed by atoms with Gasteiger partial charge in [-0.3, -0.25) is 10.1 Å². The molecule has 58 valence electrons. The molecular formula is C5H9NO4. The number of nitrogens with zero attached hydrogens (tertiary/aromatic N) is 1. The van der Waals surface area contributed by atoms with Gasteiger partial charge in [-0.15, -0.1) is 0 Å². The van der Waals surface area contributed by atoms with Crippen LogP contribution in [0.3, 0.4) is 0 Å². The SMILES string of the molecule is O=[N+]([O-])CC1COCCO1. The Hall–Kier alpha value is -0.680. The van der Waals surface area contributed by atoms with Crippen LogP contribution in [0, 0.1) is 10.1 Å². The lowest BCUT2D eigenvalue weighted by Crippen LogP contribution is -2.34. The standard InChI is InChI=1S/C5H9NO4/c7-6(8)3-5-4-9-1-2-10-5/h5H,1-4H2. The third-order valence-corrected chi connectivity index (χ3v) is 1.24. The van der Waals surface area contributed by atoms with Crippen LogP contribution in [0.25, 0.3) is 0 Å². The molecule has 0 radical (unpaired) electrons. The third-order valence-electron chi connectivity index (χ3n) is 1.24. The molecule has 1 aliphatic rings. The highest BCUT2D eigenvalue weighted by molar-refractivity contribution is 4.57. The van der Waals surface area contributed by atoms with Crippen molar-refractivity contribution in [3.8, 4) is 0 Å². The minimum Gasteiger partial charge on any atom is -0.376 e. The minimum atomic E-state index is -0.390. The van der Waals surface area contributed by atoms with E-state index in [4.69, 9.17) is 9.47 Å². The van der Waals surface area contributed by atoms with Crippen LogP contribution in [0.5, 0.6) is 0 Å². The van der Waals surface area contributed by atoms with E-state index in [9.17, 15) is 10.1 Å². The van der Waals surface area contributed by atoms with Crippen molar-refractivity contribution in [1.29, 1.82) is 0 Å². The van der Waals surface area contributed by atoms with Crippen LogP contribution in [-0.4, -0.2) is 37.4 Å². The molecule has 0 bridgehead atoms. The first-order valence-corrected chi connectivity index (χ1v) is 3.10. The highest BCUT2D eigenvalue weighted by atomic mass is 16.6. The van der Waals surface area contributed by atoms with Crippen LogP contribution >= 0.6 is 0 Å². The molecule has 0 aliphatic carbocycles. The van der Waals surface area contributed by atoms with E-state index in [0.717, 1.165) is 0 Å². The summed E-state index contributed by atoms with van der Waals surface area (Å²) in [7, 11) is 0. The van der Waals surface area contributed by atoms with Crippen LogP contribution in [0.15, 0.2) is 0 Å². The lowest BCUT2D eigenvalue weighted by Gasteiger charge is -2.19. The number of hydrogen-bond donors (Lipinski definition) is 0. The molecule has 5 heteroatoms. The first-order valence-electron chi connectivity index (χ1n) is 3.10. The molecular weight excluding hydrogens is 138 g/mol. The Bertz CT molecular complexity index is 121. The Morgan fingerprint density at radius 2 is 2.40 bits per heavy atom. The van der Waals surface area contributed by atoms with Crippen LogP contribution < -0.4 is 0 Å². The topological polar surface area (TPSA) is 61.6 Å². The summed E-state index contributed by atoms with van der Waals surface area (Å²) in [6.45, 7) is 1.22. The van der Waals surface area contributed by atoms with Gasteiger partial charge < -0.3 is 9.47 Å². The molecule has 0 aromatic rings. The first kappa shape index (κ1) is 7.43. The molecule has 1 unspecified atom stereocenters. The summed E-state index contributed by atoms with van der Waals surface area (Å²) >= 11 is 0. The molecule has 1 saturated heterocycles. The normalized spacial score (nSPS) is 26.2. The van der Waals surface area contributed by atoms with E-state index >= 15 is 0 Å². The van der Waals surface area contributed by atoms with Gasteiger partial charge >= 0.3 is 0 Å². The number of ether oxygens (including phenoxy) is 2. The predicted molar refractivity (Wildman–Crippen MR) is 32.4 cm³/mol. The monoisotopic (exact) mass is 147 g/mol. The van der Waals surface area contributed by atoms with Gasteiger partial charge in [-0.1, -0.05) is 0 Å². The van der Waals surface area contributed by atoms with Crippen molar-refractivity contribution in [3.05, 3.63) is 10.1 Å². The van der Waals surface area contributed by atoms with Crippen molar-refractivity contribution in [1.82, 2.24) is 0 Å². The average Bonchev–Trinajstić information content (AvgIpc) is 1.88. The zero-order chi connectivity index (χ0) is 7.40. The Kier molecular flexibility index (Phi) is 2.58. The van der Waals surface area contributed by atoms with Crippen LogP contribution in [0.4, 0.5) is 0 Å². The van der Waals surface area contributed by atoms with E-state index in [1.54, 1.807) is 0 Å². The Morgan fingerprint density at radius 1 is 1.60 bits per heavy atom. The van der Waals surface area contributed by atoms with Crippen molar-refractivity contribution >= 4 is 0 Å². The highest BCUT2D eigenvalue weighted by Crippen LogP contribution is 1.99. The molecule has 1 heterocycles. The van der Waals surface area contributed by atoms with Crippen molar-refractivity contribution in [2.75, 3.05) is 26.4 Å². The number of nitro groups is 1. The predicted octanol–water partition coefficient (Wildman–Crippen LogP) is -0.322. The first-order chi connectivity index (χ1) is 4.79. The average molecular weight is 147 g/mol.